The van der Waals surface area contributed by atoms with Crippen LogP contribution in [-0.4, -0.2) is 47.9 Å². The highest BCUT2D eigenvalue weighted by Gasteiger charge is 2.17. The van der Waals surface area contributed by atoms with Crippen LogP contribution < -0.4 is 5.32 Å². The predicted molar refractivity (Wildman–Crippen MR) is 58.1 cm³/mol. The van der Waals surface area contributed by atoms with Gasteiger partial charge in [0.2, 0.25) is 5.91 Å². The Labute approximate surface area is 94.5 Å². The number of hydrogen-bond acceptors (Lipinski definition) is 5. The van der Waals surface area contributed by atoms with Crippen molar-refractivity contribution in [3.05, 3.63) is 0 Å². The molecular formula is C10H16N4O2. The number of nitriles is 1. The van der Waals surface area contributed by atoms with Crippen LogP contribution in [0.25, 0.3) is 0 Å². The molecular weight excluding hydrogens is 208 g/mol. The quantitative estimate of drug-likeness (QED) is 0.398. The number of nitrogens with one attached hydrogen (secondary N) is 1. The molecule has 0 atom stereocenters. The van der Waals surface area contributed by atoms with Gasteiger partial charge in [0, 0.05) is 32.5 Å². The van der Waals surface area contributed by atoms with Gasteiger partial charge < -0.3 is 10.5 Å². The number of nitrogens with zero attached hydrogens (tertiary/aromatic N) is 3. The Bertz CT molecular complexity index is 298. The van der Waals surface area contributed by atoms with E-state index in [1.807, 2.05) is 11.0 Å². The Hall–Kier alpha value is -1.61. The lowest BCUT2D eigenvalue weighted by Crippen LogP contribution is -2.41. The zero-order valence-corrected chi connectivity index (χ0v) is 9.15. The third-order valence-electron chi connectivity index (χ3n) is 2.50. The summed E-state index contributed by atoms with van der Waals surface area (Å²) in [6.07, 6.45) is 1.76. The molecule has 2 N–H and O–H groups in total. The molecule has 0 radical (unpaired) electrons. The Kier molecular flexibility index (Phi) is 5.29. The van der Waals surface area contributed by atoms with Gasteiger partial charge in [-0.2, -0.15) is 5.26 Å². The van der Waals surface area contributed by atoms with Crippen LogP contribution in [0.1, 0.15) is 19.3 Å². The van der Waals surface area contributed by atoms with Crippen molar-refractivity contribution in [2.45, 2.75) is 19.3 Å². The van der Waals surface area contributed by atoms with Crippen LogP contribution in [0, 0.1) is 11.3 Å². The molecule has 0 unspecified atom stereocenters. The molecule has 0 spiro atoms. The second-order valence-electron chi connectivity index (χ2n) is 3.70. The Morgan fingerprint density at radius 2 is 2.25 bits per heavy atom. The van der Waals surface area contributed by atoms with Gasteiger partial charge >= 0.3 is 0 Å². The molecule has 16 heavy (non-hydrogen) atoms. The van der Waals surface area contributed by atoms with E-state index in [4.69, 9.17) is 10.5 Å². The molecule has 6 nitrogen and oxygen atoms in total. The fourth-order valence-electron chi connectivity index (χ4n) is 1.59. The lowest BCUT2D eigenvalue weighted by Gasteiger charge is -2.26. The maximum atomic E-state index is 11.4. The van der Waals surface area contributed by atoms with Crippen LogP contribution in [0.2, 0.25) is 0 Å². The monoisotopic (exact) mass is 224 g/mol. The molecule has 6 heteroatoms. The summed E-state index contributed by atoms with van der Waals surface area (Å²) in [5.74, 6) is -0.0559. The average molecular weight is 224 g/mol. The van der Waals surface area contributed by atoms with E-state index < -0.39 is 0 Å². The number of carbonyl (C=O) groups excluding carboxylic acids is 1. The van der Waals surface area contributed by atoms with E-state index in [9.17, 15) is 4.79 Å². The van der Waals surface area contributed by atoms with E-state index in [0.29, 0.717) is 32.4 Å². The third kappa shape index (κ3) is 4.28. The van der Waals surface area contributed by atoms with Crippen molar-refractivity contribution in [2.75, 3.05) is 26.2 Å². The summed E-state index contributed by atoms with van der Waals surface area (Å²) in [5.41, 5.74) is 0.793. The zero-order chi connectivity index (χ0) is 11.8. The van der Waals surface area contributed by atoms with Crippen molar-refractivity contribution >= 4 is 11.6 Å². The molecule has 0 aromatic rings. The van der Waals surface area contributed by atoms with Crippen LogP contribution in [0.15, 0.2) is 5.16 Å². The van der Waals surface area contributed by atoms with Crippen molar-refractivity contribution in [1.82, 2.24) is 10.2 Å². The third-order valence-corrected chi connectivity index (χ3v) is 2.50. The van der Waals surface area contributed by atoms with E-state index in [-0.39, 0.29) is 5.91 Å². The van der Waals surface area contributed by atoms with Gasteiger partial charge in [0.05, 0.1) is 24.7 Å². The SMILES string of the molecule is N#CCCNC(=O)CN1CCC(=NO)CC1. The first-order chi connectivity index (χ1) is 7.76. The van der Waals surface area contributed by atoms with Gasteiger partial charge in [0.1, 0.15) is 0 Å². The fourth-order valence-corrected chi connectivity index (χ4v) is 1.59. The van der Waals surface area contributed by atoms with Crippen molar-refractivity contribution in [3.63, 3.8) is 0 Å². The first-order valence-electron chi connectivity index (χ1n) is 5.32. The van der Waals surface area contributed by atoms with Crippen LogP contribution in [0.3, 0.4) is 0 Å². The molecule has 1 heterocycles. The maximum Gasteiger partial charge on any atom is 0.234 e. The summed E-state index contributed by atoms with van der Waals surface area (Å²) < 4.78 is 0. The molecule has 0 aliphatic carbocycles. The number of piperidine rings is 1. The van der Waals surface area contributed by atoms with Gasteiger partial charge in [0.15, 0.2) is 0 Å². The van der Waals surface area contributed by atoms with Crippen molar-refractivity contribution < 1.29 is 10.0 Å². The summed E-state index contributed by atoms with van der Waals surface area (Å²) in [6.45, 7) is 2.24. The van der Waals surface area contributed by atoms with Gasteiger partial charge in [0.25, 0.3) is 0 Å². The largest absolute Gasteiger partial charge is 0.411 e. The lowest BCUT2D eigenvalue weighted by atomic mass is 10.1. The molecule has 88 valence electrons. The van der Waals surface area contributed by atoms with Gasteiger partial charge in [-0.3, -0.25) is 9.69 Å². The molecule has 0 bridgehead atoms. The molecule has 1 aliphatic heterocycles. The van der Waals surface area contributed by atoms with Gasteiger partial charge in [-0.05, 0) is 0 Å². The lowest BCUT2D eigenvalue weighted by molar-refractivity contribution is -0.122. The minimum absolute atomic E-state index is 0.0559. The number of oxime groups is 1. The summed E-state index contributed by atoms with van der Waals surface area (Å²) in [4.78, 5) is 13.4. The van der Waals surface area contributed by atoms with E-state index in [2.05, 4.69) is 10.5 Å². The Morgan fingerprint density at radius 1 is 1.56 bits per heavy atom. The van der Waals surface area contributed by atoms with Crippen molar-refractivity contribution in [1.29, 1.82) is 5.26 Å². The van der Waals surface area contributed by atoms with E-state index in [1.165, 1.54) is 0 Å². The highest BCUT2D eigenvalue weighted by molar-refractivity contribution is 5.85. The molecule has 0 aromatic carbocycles. The second kappa shape index (κ2) is 6.80. The average Bonchev–Trinajstić information content (AvgIpc) is 2.30. The summed E-state index contributed by atoms with van der Waals surface area (Å²) in [7, 11) is 0. The predicted octanol–water partition coefficient (Wildman–Crippen LogP) is -0.0577. The fraction of sp³-hybridized carbons (Fsp3) is 0.700. The Balaban J connectivity index is 2.18. The number of carbonyl (C=O) groups is 1. The number of hydrogen-bond donors (Lipinski definition) is 2. The number of likely N-dealkylation sites (tertiary alicyclic amines) is 1. The first kappa shape index (κ1) is 12.5. The van der Waals surface area contributed by atoms with E-state index >= 15 is 0 Å². The number of amides is 1. The molecule has 1 fully saturated rings. The minimum Gasteiger partial charge on any atom is -0.411 e. The second-order valence-corrected chi connectivity index (χ2v) is 3.70. The Morgan fingerprint density at radius 3 is 2.81 bits per heavy atom. The molecule has 0 saturated carbocycles. The van der Waals surface area contributed by atoms with E-state index in [0.717, 1.165) is 18.8 Å². The van der Waals surface area contributed by atoms with Gasteiger partial charge in [-0.1, -0.05) is 5.16 Å². The molecule has 1 aliphatic rings. The highest BCUT2D eigenvalue weighted by Crippen LogP contribution is 2.06. The van der Waals surface area contributed by atoms with Gasteiger partial charge in [-0.15, -0.1) is 0 Å². The topological polar surface area (TPSA) is 88.7 Å². The molecule has 0 aromatic heterocycles. The minimum atomic E-state index is -0.0559. The van der Waals surface area contributed by atoms with E-state index in [1.54, 1.807) is 0 Å². The summed E-state index contributed by atoms with van der Waals surface area (Å²) in [5, 5.41) is 22.7. The summed E-state index contributed by atoms with van der Waals surface area (Å²) >= 11 is 0. The smallest absolute Gasteiger partial charge is 0.234 e. The maximum absolute atomic E-state index is 11.4. The van der Waals surface area contributed by atoms with Crippen molar-refractivity contribution in [3.8, 4) is 6.07 Å². The van der Waals surface area contributed by atoms with Gasteiger partial charge in [-0.25, -0.2) is 0 Å². The first-order valence-corrected chi connectivity index (χ1v) is 5.32. The van der Waals surface area contributed by atoms with Crippen LogP contribution in [0.4, 0.5) is 0 Å². The van der Waals surface area contributed by atoms with Crippen LogP contribution >= 0.6 is 0 Å². The van der Waals surface area contributed by atoms with Crippen molar-refractivity contribution in [2.24, 2.45) is 5.16 Å². The molecule has 1 rings (SSSR count). The summed E-state index contributed by atoms with van der Waals surface area (Å²) in [6, 6.07) is 1.97. The molecule has 1 saturated heterocycles. The number of rotatable bonds is 4. The highest BCUT2D eigenvalue weighted by atomic mass is 16.4. The normalized spacial score (nSPS) is 16.6. The zero-order valence-electron chi connectivity index (χ0n) is 9.15. The van der Waals surface area contributed by atoms with Crippen LogP contribution in [0.5, 0.6) is 0 Å². The molecule has 1 amide bonds. The van der Waals surface area contributed by atoms with Crippen LogP contribution in [-0.2, 0) is 4.79 Å². The standard InChI is InChI=1S/C10H16N4O2/c11-4-1-5-12-10(15)8-14-6-2-9(13-16)3-7-14/h16H,1-3,5-8H2,(H,12,15).